The molecule has 0 bridgehead atoms. The Morgan fingerprint density at radius 3 is 1.07 bits per heavy atom. The molecule has 0 fully saturated rings. The van der Waals surface area contributed by atoms with Crippen LogP contribution >= 0.6 is 15.2 Å². The summed E-state index contributed by atoms with van der Waals surface area (Å²) in [5.74, 6) is 2.08. The zero-order valence-corrected chi connectivity index (χ0v) is 10.3. The second-order valence-electron chi connectivity index (χ2n) is 2.11. The van der Waals surface area contributed by atoms with Crippen molar-refractivity contribution < 1.29 is 27.2 Å². The summed E-state index contributed by atoms with van der Waals surface area (Å²) in [6.45, 7) is 0. The van der Waals surface area contributed by atoms with E-state index >= 15 is 0 Å². The molecule has 0 saturated heterocycles. The van der Waals surface area contributed by atoms with Crippen molar-refractivity contribution in [2.24, 2.45) is 0 Å². The average Bonchev–Trinajstić information content (AvgIpc) is 2.25. The highest BCUT2D eigenvalue weighted by atomic mass is 31.2. The van der Waals surface area contributed by atoms with Crippen molar-refractivity contribution in [3.8, 4) is 0 Å². The molecular formula is C6H14O6P2. The lowest BCUT2D eigenvalue weighted by Crippen LogP contribution is -1.86. The van der Waals surface area contributed by atoms with Gasteiger partial charge in [0, 0.05) is 40.1 Å². The van der Waals surface area contributed by atoms with Gasteiger partial charge < -0.3 is 18.1 Å². The van der Waals surface area contributed by atoms with Gasteiger partial charge in [0.1, 0.15) is 0 Å². The SMILES string of the molecule is COP(=O)(C=CP(=O)(OC)OC)OC. The molecule has 0 heterocycles. The minimum atomic E-state index is -3.32. The van der Waals surface area contributed by atoms with E-state index in [0.717, 1.165) is 11.6 Å². The number of rotatable bonds is 6. The van der Waals surface area contributed by atoms with Gasteiger partial charge in [-0.05, 0) is 0 Å². The van der Waals surface area contributed by atoms with E-state index in [-0.39, 0.29) is 0 Å². The third-order valence-electron chi connectivity index (χ3n) is 1.45. The van der Waals surface area contributed by atoms with Crippen LogP contribution in [0, 0.1) is 0 Å². The van der Waals surface area contributed by atoms with Gasteiger partial charge in [-0.1, -0.05) is 0 Å². The highest BCUT2D eigenvalue weighted by Gasteiger charge is 2.22. The first-order valence-electron chi connectivity index (χ1n) is 3.58. The summed E-state index contributed by atoms with van der Waals surface area (Å²) in [6.07, 6.45) is 0. The zero-order valence-electron chi connectivity index (χ0n) is 8.50. The minimum absolute atomic E-state index is 1.04. The smallest absolute Gasteiger partial charge is 0.309 e. The van der Waals surface area contributed by atoms with Crippen LogP contribution < -0.4 is 0 Å². The van der Waals surface area contributed by atoms with E-state index in [1.807, 2.05) is 0 Å². The molecule has 84 valence electrons. The van der Waals surface area contributed by atoms with Crippen LogP contribution in [0.1, 0.15) is 0 Å². The largest absolute Gasteiger partial charge is 0.353 e. The van der Waals surface area contributed by atoms with Crippen molar-refractivity contribution in [2.45, 2.75) is 0 Å². The molecule has 14 heavy (non-hydrogen) atoms. The van der Waals surface area contributed by atoms with E-state index < -0.39 is 15.2 Å². The lowest BCUT2D eigenvalue weighted by atomic mass is 11.3. The molecule has 0 aliphatic carbocycles. The van der Waals surface area contributed by atoms with Gasteiger partial charge in [-0.15, -0.1) is 0 Å². The summed E-state index contributed by atoms with van der Waals surface area (Å²) < 4.78 is 41.3. The van der Waals surface area contributed by atoms with Gasteiger partial charge in [0.15, 0.2) is 0 Å². The molecule has 0 saturated carbocycles. The van der Waals surface area contributed by atoms with E-state index in [4.69, 9.17) is 0 Å². The Bertz CT molecular complexity index is 242. The molecule has 8 heteroatoms. The van der Waals surface area contributed by atoms with Crippen molar-refractivity contribution in [3.63, 3.8) is 0 Å². The first kappa shape index (κ1) is 14.0. The predicted molar refractivity (Wildman–Crippen MR) is 52.4 cm³/mol. The van der Waals surface area contributed by atoms with E-state index in [0.29, 0.717) is 0 Å². The topological polar surface area (TPSA) is 71.1 Å². The maximum Gasteiger partial charge on any atom is 0.353 e. The van der Waals surface area contributed by atoms with Gasteiger partial charge in [0.2, 0.25) is 0 Å². The highest BCUT2D eigenvalue weighted by molar-refractivity contribution is 7.61. The summed E-state index contributed by atoms with van der Waals surface area (Å²) in [6, 6.07) is 0. The fraction of sp³-hybridized carbons (Fsp3) is 0.667. The molecule has 6 nitrogen and oxygen atoms in total. The van der Waals surface area contributed by atoms with Crippen LogP contribution in [0.4, 0.5) is 0 Å². The summed E-state index contributed by atoms with van der Waals surface area (Å²) in [5.41, 5.74) is 0. The molecule has 0 aliphatic rings. The monoisotopic (exact) mass is 244 g/mol. The Morgan fingerprint density at radius 2 is 0.929 bits per heavy atom. The van der Waals surface area contributed by atoms with Gasteiger partial charge in [-0.3, -0.25) is 9.13 Å². The quantitative estimate of drug-likeness (QED) is 0.668. The Balaban J connectivity index is 4.72. The van der Waals surface area contributed by atoms with Crippen molar-refractivity contribution in [1.29, 1.82) is 0 Å². The van der Waals surface area contributed by atoms with Crippen molar-refractivity contribution in [1.82, 2.24) is 0 Å². The van der Waals surface area contributed by atoms with Gasteiger partial charge in [0.25, 0.3) is 0 Å². The molecule has 0 rings (SSSR count). The molecule has 0 aromatic heterocycles. The Hall–Kier alpha value is 0.0400. The Labute approximate surface area is 83.3 Å². The fourth-order valence-corrected chi connectivity index (χ4v) is 2.65. The van der Waals surface area contributed by atoms with Crippen LogP contribution in [-0.4, -0.2) is 28.4 Å². The van der Waals surface area contributed by atoms with Crippen LogP contribution in [0.2, 0.25) is 0 Å². The molecule has 0 aliphatic heterocycles. The summed E-state index contributed by atoms with van der Waals surface area (Å²) in [5, 5.41) is 0. The van der Waals surface area contributed by atoms with Crippen molar-refractivity contribution in [2.75, 3.05) is 28.4 Å². The average molecular weight is 244 g/mol. The van der Waals surface area contributed by atoms with Crippen LogP contribution in [0.5, 0.6) is 0 Å². The van der Waals surface area contributed by atoms with Gasteiger partial charge >= 0.3 is 15.2 Å². The van der Waals surface area contributed by atoms with Crippen LogP contribution in [0.3, 0.4) is 0 Å². The Kier molecular flexibility index (Phi) is 5.83. The highest BCUT2D eigenvalue weighted by Crippen LogP contribution is 2.55. The molecular weight excluding hydrogens is 230 g/mol. The first-order valence-corrected chi connectivity index (χ1v) is 6.80. The van der Waals surface area contributed by atoms with Crippen molar-refractivity contribution >= 4 is 15.2 Å². The maximum atomic E-state index is 11.5. The van der Waals surface area contributed by atoms with E-state index in [1.165, 1.54) is 28.4 Å². The molecule has 0 aromatic rings. The fourth-order valence-electron chi connectivity index (χ4n) is 0.556. The van der Waals surface area contributed by atoms with Gasteiger partial charge in [0.05, 0.1) is 0 Å². The van der Waals surface area contributed by atoms with E-state index in [1.54, 1.807) is 0 Å². The second-order valence-corrected chi connectivity index (χ2v) is 6.32. The maximum absolute atomic E-state index is 11.5. The third kappa shape index (κ3) is 4.05. The summed E-state index contributed by atoms with van der Waals surface area (Å²) in [7, 11) is -1.75. The zero-order chi connectivity index (χ0) is 11.2. The second kappa shape index (κ2) is 5.81. The lowest BCUT2D eigenvalue weighted by Gasteiger charge is -2.11. The lowest BCUT2D eigenvalue weighted by molar-refractivity contribution is 0.281. The van der Waals surface area contributed by atoms with Crippen LogP contribution in [0.25, 0.3) is 0 Å². The molecule has 0 unspecified atom stereocenters. The molecule has 0 N–H and O–H groups in total. The third-order valence-corrected chi connectivity index (χ3v) is 4.75. The molecule has 0 amide bonds. The van der Waals surface area contributed by atoms with Gasteiger partial charge in [-0.25, -0.2) is 0 Å². The minimum Gasteiger partial charge on any atom is -0.309 e. The van der Waals surface area contributed by atoms with Gasteiger partial charge in [-0.2, -0.15) is 0 Å². The van der Waals surface area contributed by atoms with Crippen LogP contribution in [0.15, 0.2) is 11.6 Å². The molecule has 0 spiro atoms. The molecule has 0 aromatic carbocycles. The standard InChI is InChI=1S/C6H14O6P2/c1-9-13(7,10-2)5-6-14(8,11-3)12-4/h5-6H,1-4H3. The van der Waals surface area contributed by atoms with E-state index in [9.17, 15) is 9.13 Å². The number of hydrogen-bond acceptors (Lipinski definition) is 6. The summed E-state index contributed by atoms with van der Waals surface area (Å²) in [4.78, 5) is 0. The predicted octanol–water partition coefficient (Wildman–Crippen LogP) is 2.43. The normalized spacial score (nSPS) is 13.7. The molecule has 0 radical (unpaired) electrons. The number of hydrogen-bond donors (Lipinski definition) is 0. The summed E-state index contributed by atoms with van der Waals surface area (Å²) >= 11 is 0. The van der Waals surface area contributed by atoms with Crippen LogP contribution in [-0.2, 0) is 27.2 Å². The first-order chi connectivity index (χ1) is 6.45. The van der Waals surface area contributed by atoms with E-state index in [2.05, 4.69) is 18.1 Å². The molecule has 0 atom stereocenters. The Morgan fingerprint density at radius 1 is 0.714 bits per heavy atom. The van der Waals surface area contributed by atoms with Crippen molar-refractivity contribution in [3.05, 3.63) is 11.6 Å².